The topological polar surface area (TPSA) is 0 Å². The molecule has 0 bridgehead atoms. The Kier molecular flexibility index (Phi) is 2.52. The molecular formula is C7H5ClFI. The average molecular weight is 270 g/mol. The SMILES string of the molecule is Cc1cc(I)cc(F)c1Cl. The molecule has 0 heterocycles. The molecular weight excluding hydrogens is 265 g/mol. The van der Waals surface area contributed by atoms with Crippen molar-refractivity contribution in [3.63, 3.8) is 0 Å². The fraction of sp³-hybridized carbons (Fsp3) is 0.143. The van der Waals surface area contributed by atoms with Crippen LogP contribution < -0.4 is 0 Å². The fourth-order valence-electron chi connectivity index (χ4n) is 0.685. The Bertz CT molecular complexity index is 237. The van der Waals surface area contributed by atoms with Gasteiger partial charge in [-0.25, -0.2) is 4.39 Å². The molecule has 0 amide bonds. The molecule has 0 saturated heterocycles. The zero-order chi connectivity index (χ0) is 7.72. The molecule has 0 radical (unpaired) electrons. The summed E-state index contributed by atoms with van der Waals surface area (Å²) >= 11 is 7.62. The minimum Gasteiger partial charge on any atom is -0.205 e. The Labute approximate surface area is 77.5 Å². The highest BCUT2D eigenvalue weighted by Crippen LogP contribution is 2.21. The first-order chi connectivity index (χ1) is 4.61. The smallest absolute Gasteiger partial charge is 0.143 e. The van der Waals surface area contributed by atoms with E-state index in [1.165, 1.54) is 6.07 Å². The zero-order valence-electron chi connectivity index (χ0n) is 5.29. The van der Waals surface area contributed by atoms with E-state index in [1.807, 2.05) is 28.7 Å². The second kappa shape index (κ2) is 3.05. The highest BCUT2D eigenvalue weighted by atomic mass is 127. The number of benzene rings is 1. The van der Waals surface area contributed by atoms with Crippen LogP contribution in [-0.4, -0.2) is 0 Å². The van der Waals surface area contributed by atoms with Crippen LogP contribution in [0.1, 0.15) is 5.56 Å². The van der Waals surface area contributed by atoms with Gasteiger partial charge in [0.2, 0.25) is 0 Å². The Balaban J connectivity index is 3.31. The Morgan fingerprint density at radius 2 is 2.10 bits per heavy atom. The van der Waals surface area contributed by atoms with Gasteiger partial charge in [-0.05, 0) is 47.2 Å². The van der Waals surface area contributed by atoms with Gasteiger partial charge in [0.05, 0.1) is 5.02 Å². The summed E-state index contributed by atoms with van der Waals surface area (Å²) in [5.74, 6) is -0.342. The van der Waals surface area contributed by atoms with E-state index in [-0.39, 0.29) is 10.8 Å². The maximum atomic E-state index is 12.7. The van der Waals surface area contributed by atoms with E-state index < -0.39 is 0 Å². The quantitative estimate of drug-likeness (QED) is 0.501. The summed E-state index contributed by atoms with van der Waals surface area (Å²) in [6.07, 6.45) is 0. The molecule has 0 saturated carbocycles. The van der Waals surface area contributed by atoms with Gasteiger partial charge in [0, 0.05) is 3.57 Å². The van der Waals surface area contributed by atoms with Crippen molar-refractivity contribution >= 4 is 34.2 Å². The summed E-state index contributed by atoms with van der Waals surface area (Å²) in [4.78, 5) is 0. The van der Waals surface area contributed by atoms with Crippen molar-refractivity contribution in [2.24, 2.45) is 0 Å². The van der Waals surface area contributed by atoms with E-state index in [1.54, 1.807) is 6.92 Å². The minimum atomic E-state index is -0.342. The molecule has 3 heteroatoms. The molecule has 0 fully saturated rings. The third kappa shape index (κ3) is 1.61. The highest BCUT2D eigenvalue weighted by molar-refractivity contribution is 14.1. The largest absolute Gasteiger partial charge is 0.205 e. The molecule has 0 aliphatic heterocycles. The molecule has 0 N–H and O–H groups in total. The lowest BCUT2D eigenvalue weighted by molar-refractivity contribution is 0.626. The summed E-state index contributed by atoms with van der Waals surface area (Å²) in [6, 6.07) is 3.25. The summed E-state index contributed by atoms with van der Waals surface area (Å²) in [7, 11) is 0. The van der Waals surface area contributed by atoms with Gasteiger partial charge in [0.25, 0.3) is 0 Å². The van der Waals surface area contributed by atoms with Crippen LogP contribution in [0.5, 0.6) is 0 Å². The van der Waals surface area contributed by atoms with Crippen LogP contribution in [0.15, 0.2) is 12.1 Å². The monoisotopic (exact) mass is 270 g/mol. The molecule has 0 spiro atoms. The molecule has 0 nitrogen and oxygen atoms in total. The maximum Gasteiger partial charge on any atom is 0.143 e. The van der Waals surface area contributed by atoms with E-state index in [9.17, 15) is 4.39 Å². The molecule has 0 aromatic heterocycles. The molecule has 54 valence electrons. The maximum absolute atomic E-state index is 12.7. The van der Waals surface area contributed by atoms with Crippen LogP contribution in [0.3, 0.4) is 0 Å². The van der Waals surface area contributed by atoms with Gasteiger partial charge < -0.3 is 0 Å². The van der Waals surface area contributed by atoms with Crippen molar-refractivity contribution < 1.29 is 4.39 Å². The molecule has 0 unspecified atom stereocenters. The standard InChI is InChI=1S/C7H5ClFI/c1-4-2-5(10)3-6(9)7(4)8/h2-3H,1H3. The van der Waals surface area contributed by atoms with Crippen molar-refractivity contribution in [1.82, 2.24) is 0 Å². The first kappa shape index (κ1) is 8.27. The van der Waals surface area contributed by atoms with Crippen LogP contribution >= 0.6 is 34.2 Å². The predicted octanol–water partition coefficient (Wildman–Crippen LogP) is 3.39. The van der Waals surface area contributed by atoms with Gasteiger partial charge in [0.1, 0.15) is 5.82 Å². The molecule has 1 aromatic carbocycles. The van der Waals surface area contributed by atoms with Crippen molar-refractivity contribution in [2.45, 2.75) is 6.92 Å². The third-order valence-corrected chi connectivity index (χ3v) is 2.28. The van der Waals surface area contributed by atoms with Gasteiger partial charge in [-0.15, -0.1) is 0 Å². The van der Waals surface area contributed by atoms with Crippen LogP contribution in [-0.2, 0) is 0 Å². The van der Waals surface area contributed by atoms with Crippen molar-refractivity contribution in [3.05, 3.63) is 32.1 Å². The number of hydrogen-bond donors (Lipinski definition) is 0. The first-order valence-electron chi connectivity index (χ1n) is 2.72. The second-order valence-corrected chi connectivity index (χ2v) is 3.64. The second-order valence-electron chi connectivity index (χ2n) is 2.02. The van der Waals surface area contributed by atoms with E-state index in [4.69, 9.17) is 11.6 Å². The van der Waals surface area contributed by atoms with E-state index in [0.717, 1.165) is 9.13 Å². The predicted molar refractivity (Wildman–Crippen MR) is 48.9 cm³/mol. The van der Waals surface area contributed by atoms with Crippen LogP contribution in [0.25, 0.3) is 0 Å². The van der Waals surface area contributed by atoms with Gasteiger partial charge >= 0.3 is 0 Å². The number of hydrogen-bond acceptors (Lipinski definition) is 0. The van der Waals surface area contributed by atoms with Crippen LogP contribution in [0, 0.1) is 16.3 Å². The van der Waals surface area contributed by atoms with E-state index in [0.29, 0.717) is 0 Å². The van der Waals surface area contributed by atoms with Crippen LogP contribution in [0.2, 0.25) is 5.02 Å². The molecule has 0 aliphatic carbocycles. The molecule has 0 atom stereocenters. The van der Waals surface area contributed by atoms with E-state index >= 15 is 0 Å². The normalized spacial score (nSPS) is 10.0. The third-order valence-electron chi connectivity index (χ3n) is 1.17. The fourth-order valence-corrected chi connectivity index (χ4v) is 1.53. The van der Waals surface area contributed by atoms with Crippen molar-refractivity contribution in [3.8, 4) is 0 Å². The lowest BCUT2D eigenvalue weighted by atomic mass is 10.2. The minimum absolute atomic E-state index is 0.223. The van der Waals surface area contributed by atoms with Gasteiger partial charge in [-0.1, -0.05) is 11.6 Å². The molecule has 1 aromatic rings. The summed E-state index contributed by atoms with van der Waals surface area (Å²) in [5, 5.41) is 0.223. The number of halogens is 3. The van der Waals surface area contributed by atoms with Crippen molar-refractivity contribution in [2.75, 3.05) is 0 Å². The Morgan fingerprint density at radius 3 is 2.60 bits per heavy atom. The summed E-state index contributed by atoms with van der Waals surface area (Å²) in [5.41, 5.74) is 0.783. The van der Waals surface area contributed by atoms with Gasteiger partial charge in [0.15, 0.2) is 0 Å². The van der Waals surface area contributed by atoms with Crippen LogP contribution in [0.4, 0.5) is 4.39 Å². The number of aryl methyl sites for hydroxylation is 1. The van der Waals surface area contributed by atoms with Gasteiger partial charge in [-0.3, -0.25) is 0 Å². The van der Waals surface area contributed by atoms with Crippen molar-refractivity contribution in [1.29, 1.82) is 0 Å². The van der Waals surface area contributed by atoms with Gasteiger partial charge in [-0.2, -0.15) is 0 Å². The Hall–Kier alpha value is 0.170. The molecule has 10 heavy (non-hydrogen) atoms. The lowest BCUT2D eigenvalue weighted by Gasteiger charge is -1.98. The number of rotatable bonds is 0. The average Bonchev–Trinajstić information content (AvgIpc) is 1.82. The lowest BCUT2D eigenvalue weighted by Crippen LogP contribution is -1.83. The summed E-state index contributed by atoms with van der Waals surface area (Å²) < 4.78 is 13.6. The molecule has 1 rings (SSSR count). The first-order valence-corrected chi connectivity index (χ1v) is 4.18. The van der Waals surface area contributed by atoms with E-state index in [2.05, 4.69) is 0 Å². The summed E-state index contributed by atoms with van der Waals surface area (Å²) in [6.45, 7) is 1.79. The zero-order valence-corrected chi connectivity index (χ0v) is 8.20. The Morgan fingerprint density at radius 1 is 1.50 bits per heavy atom. The highest BCUT2D eigenvalue weighted by Gasteiger charge is 2.02. The molecule has 0 aliphatic rings.